The number of carbonyl (C=O) groups excluding carboxylic acids is 1. The van der Waals surface area contributed by atoms with Crippen molar-refractivity contribution in [3.63, 3.8) is 0 Å². The molecule has 10 heteroatoms. The first-order valence-electron chi connectivity index (χ1n) is 8.37. The van der Waals surface area contributed by atoms with Crippen LogP contribution >= 0.6 is 11.6 Å². The lowest BCUT2D eigenvalue weighted by atomic mass is 10.0. The fourth-order valence-corrected chi connectivity index (χ4v) is 2.90. The lowest BCUT2D eigenvalue weighted by Crippen LogP contribution is -2.57. The van der Waals surface area contributed by atoms with Crippen molar-refractivity contribution in [1.82, 2.24) is 5.01 Å². The van der Waals surface area contributed by atoms with Gasteiger partial charge < -0.3 is 14.6 Å². The average molecular weight is 429 g/mol. The van der Waals surface area contributed by atoms with Gasteiger partial charge in [0.1, 0.15) is 0 Å². The maximum Gasteiger partial charge on any atom is 0.438 e. The van der Waals surface area contributed by atoms with Gasteiger partial charge in [0.15, 0.2) is 18.1 Å². The van der Waals surface area contributed by atoms with Crippen LogP contribution in [0, 0.1) is 0 Å². The fraction of sp³-hybridized carbons (Fsp3) is 0.263. The first kappa shape index (κ1) is 20.9. The van der Waals surface area contributed by atoms with Crippen LogP contribution in [0.4, 0.5) is 13.2 Å². The summed E-state index contributed by atoms with van der Waals surface area (Å²) in [7, 11) is 1.38. The number of rotatable bonds is 5. The number of para-hydroxylation sites is 2. The smallest absolute Gasteiger partial charge is 0.438 e. The van der Waals surface area contributed by atoms with Gasteiger partial charge in [-0.15, -0.1) is 0 Å². The van der Waals surface area contributed by atoms with E-state index < -0.39 is 30.8 Å². The lowest BCUT2D eigenvalue weighted by molar-refractivity contribution is -0.302. The molecule has 1 heterocycles. The van der Waals surface area contributed by atoms with E-state index in [1.165, 1.54) is 37.4 Å². The molecule has 1 aliphatic heterocycles. The monoisotopic (exact) mass is 428 g/mol. The van der Waals surface area contributed by atoms with E-state index in [4.69, 9.17) is 21.1 Å². The van der Waals surface area contributed by atoms with Crippen LogP contribution in [-0.4, -0.2) is 47.4 Å². The topological polar surface area (TPSA) is 71.4 Å². The van der Waals surface area contributed by atoms with Crippen LogP contribution in [0.25, 0.3) is 0 Å². The minimum atomic E-state index is -5.13. The quantitative estimate of drug-likeness (QED) is 0.789. The molecule has 1 atom stereocenters. The Hall–Kier alpha value is -2.78. The van der Waals surface area contributed by atoms with E-state index in [0.29, 0.717) is 16.3 Å². The van der Waals surface area contributed by atoms with E-state index in [-0.39, 0.29) is 16.5 Å². The molecule has 2 aromatic rings. The fourth-order valence-electron chi connectivity index (χ4n) is 2.77. The van der Waals surface area contributed by atoms with Crippen LogP contribution in [0.1, 0.15) is 12.0 Å². The molecule has 1 amide bonds. The minimum Gasteiger partial charge on any atom is -0.493 e. The van der Waals surface area contributed by atoms with Gasteiger partial charge in [-0.25, -0.2) is 0 Å². The number of ether oxygens (including phenoxy) is 2. The Morgan fingerprint density at radius 2 is 1.83 bits per heavy atom. The molecule has 6 nitrogen and oxygen atoms in total. The summed E-state index contributed by atoms with van der Waals surface area (Å²) in [5.41, 5.74) is -3.28. The summed E-state index contributed by atoms with van der Waals surface area (Å²) in [6.07, 6.45) is -6.05. The number of amides is 1. The largest absolute Gasteiger partial charge is 0.493 e. The van der Waals surface area contributed by atoms with Gasteiger partial charge >= 0.3 is 6.18 Å². The molecule has 0 fully saturated rings. The molecule has 0 aromatic heterocycles. The van der Waals surface area contributed by atoms with Gasteiger partial charge in [0.05, 0.1) is 19.2 Å². The van der Waals surface area contributed by atoms with Gasteiger partial charge in [-0.3, -0.25) is 4.79 Å². The predicted molar refractivity (Wildman–Crippen MR) is 98.9 cm³/mol. The number of aliphatic hydroxyl groups is 1. The predicted octanol–water partition coefficient (Wildman–Crippen LogP) is 3.61. The highest BCUT2D eigenvalue weighted by atomic mass is 35.5. The summed E-state index contributed by atoms with van der Waals surface area (Å²) in [6, 6.07) is 12.2. The van der Waals surface area contributed by atoms with E-state index in [0.717, 1.165) is 0 Å². The van der Waals surface area contributed by atoms with Crippen molar-refractivity contribution in [3.05, 3.63) is 59.1 Å². The molecular formula is C19H16ClF3N2O4. The third kappa shape index (κ3) is 4.15. The molecule has 0 radical (unpaired) electrons. The zero-order valence-corrected chi connectivity index (χ0v) is 15.9. The van der Waals surface area contributed by atoms with Gasteiger partial charge in [-0.1, -0.05) is 35.9 Å². The van der Waals surface area contributed by atoms with Crippen LogP contribution in [0.3, 0.4) is 0 Å². The second-order valence-electron chi connectivity index (χ2n) is 6.19. The molecule has 0 saturated carbocycles. The highest BCUT2D eigenvalue weighted by molar-refractivity contribution is 6.30. The molecule has 154 valence electrons. The molecule has 3 rings (SSSR count). The molecule has 0 unspecified atom stereocenters. The first-order chi connectivity index (χ1) is 13.7. The molecule has 0 spiro atoms. The lowest BCUT2D eigenvalue weighted by Gasteiger charge is -2.32. The van der Waals surface area contributed by atoms with E-state index >= 15 is 0 Å². The van der Waals surface area contributed by atoms with Crippen molar-refractivity contribution >= 4 is 23.2 Å². The van der Waals surface area contributed by atoms with E-state index in [9.17, 15) is 23.1 Å². The number of methoxy groups -OCH3 is 1. The number of benzene rings is 2. The Kier molecular flexibility index (Phi) is 5.72. The maximum atomic E-state index is 13.6. The van der Waals surface area contributed by atoms with Crippen molar-refractivity contribution in [1.29, 1.82) is 0 Å². The molecule has 0 aliphatic carbocycles. The summed E-state index contributed by atoms with van der Waals surface area (Å²) < 4.78 is 51.1. The SMILES string of the molecule is COc1ccccc1OCC(=O)N1N=C(c2ccc(Cl)cc2)C[C@@]1(O)C(F)(F)F. The van der Waals surface area contributed by atoms with E-state index in [2.05, 4.69) is 5.10 Å². The Bertz CT molecular complexity index is 934. The Morgan fingerprint density at radius 1 is 1.21 bits per heavy atom. The van der Waals surface area contributed by atoms with Gasteiger partial charge in [0.2, 0.25) is 0 Å². The second-order valence-corrected chi connectivity index (χ2v) is 6.63. The summed E-state index contributed by atoms with van der Waals surface area (Å²) in [5, 5.41) is 14.4. The third-order valence-corrected chi connectivity index (χ3v) is 4.52. The van der Waals surface area contributed by atoms with Crippen LogP contribution in [-0.2, 0) is 4.79 Å². The normalized spacial score (nSPS) is 19.1. The number of carbonyl (C=O) groups is 1. The molecular weight excluding hydrogens is 413 g/mol. The number of hydrogen-bond acceptors (Lipinski definition) is 5. The molecule has 1 N–H and O–H groups in total. The van der Waals surface area contributed by atoms with Crippen molar-refractivity contribution in [2.24, 2.45) is 5.10 Å². The Morgan fingerprint density at radius 3 is 2.41 bits per heavy atom. The van der Waals surface area contributed by atoms with E-state index in [1.54, 1.807) is 18.2 Å². The second kappa shape index (κ2) is 7.92. The molecule has 1 aliphatic rings. The Balaban J connectivity index is 1.86. The summed E-state index contributed by atoms with van der Waals surface area (Å²) >= 11 is 5.79. The highest BCUT2D eigenvalue weighted by Crippen LogP contribution is 2.41. The van der Waals surface area contributed by atoms with Crippen LogP contribution in [0.2, 0.25) is 5.02 Å². The van der Waals surface area contributed by atoms with Crippen molar-refractivity contribution in [2.45, 2.75) is 18.3 Å². The standard InChI is InChI=1S/C19H16ClF3N2O4/c1-28-15-4-2-3-5-16(15)29-11-17(26)25-18(27,19(21,22)23)10-14(24-25)12-6-8-13(20)9-7-12/h2-9,27H,10-11H2,1H3/t18-/m1/s1. The number of halogens is 4. The summed E-state index contributed by atoms with van der Waals surface area (Å²) in [4.78, 5) is 12.5. The summed E-state index contributed by atoms with van der Waals surface area (Å²) in [6.45, 7) is -0.782. The van der Waals surface area contributed by atoms with Crippen molar-refractivity contribution in [3.8, 4) is 11.5 Å². The molecule has 29 heavy (non-hydrogen) atoms. The van der Waals surface area contributed by atoms with Gasteiger partial charge in [-0.2, -0.15) is 23.3 Å². The van der Waals surface area contributed by atoms with Crippen LogP contribution in [0.5, 0.6) is 11.5 Å². The average Bonchev–Trinajstić information content (AvgIpc) is 3.06. The first-order valence-corrected chi connectivity index (χ1v) is 8.75. The van der Waals surface area contributed by atoms with Crippen molar-refractivity contribution < 1.29 is 32.5 Å². The van der Waals surface area contributed by atoms with E-state index in [1.807, 2.05) is 0 Å². The Labute approximate surface area is 169 Å². The van der Waals surface area contributed by atoms with Gasteiger partial charge in [-0.05, 0) is 29.8 Å². The third-order valence-electron chi connectivity index (χ3n) is 4.27. The number of nitrogens with zero attached hydrogens (tertiary/aromatic N) is 2. The molecule has 0 saturated heterocycles. The van der Waals surface area contributed by atoms with Crippen LogP contribution in [0.15, 0.2) is 53.6 Å². The zero-order valence-electron chi connectivity index (χ0n) is 15.1. The number of alkyl halides is 3. The van der Waals surface area contributed by atoms with Gasteiger partial charge in [0, 0.05) is 5.02 Å². The number of hydrogen-bond donors (Lipinski definition) is 1. The zero-order chi connectivity index (χ0) is 21.2. The molecule has 0 bridgehead atoms. The highest BCUT2D eigenvalue weighted by Gasteiger charge is 2.63. The minimum absolute atomic E-state index is 0.0202. The summed E-state index contributed by atoms with van der Waals surface area (Å²) in [5.74, 6) is -0.696. The van der Waals surface area contributed by atoms with Gasteiger partial charge in [0.25, 0.3) is 11.6 Å². The van der Waals surface area contributed by atoms with Crippen molar-refractivity contribution in [2.75, 3.05) is 13.7 Å². The maximum absolute atomic E-state index is 13.6. The molecule has 2 aromatic carbocycles. The number of hydrazone groups is 1. The van der Waals surface area contributed by atoms with Crippen LogP contribution < -0.4 is 9.47 Å².